The molecule has 1 N–H and O–H groups in total. The summed E-state index contributed by atoms with van der Waals surface area (Å²) in [6, 6.07) is 0. The Morgan fingerprint density at radius 1 is 1.13 bits per heavy atom. The van der Waals surface area contributed by atoms with E-state index in [4.69, 9.17) is 5.11 Å². The van der Waals surface area contributed by atoms with Crippen LogP contribution in [0.4, 0.5) is 0 Å². The van der Waals surface area contributed by atoms with Gasteiger partial charge in [-0.2, -0.15) is 0 Å². The second-order valence-corrected chi connectivity index (χ2v) is 4.74. The number of ketones is 1. The van der Waals surface area contributed by atoms with Crippen LogP contribution in [0.3, 0.4) is 0 Å². The highest BCUT2D eigenvalue weighted by atomic mass is 16.4. The second kappa shape index (κ2) is 4.47. The van der Waals surface area contributed by atoms with Gasteiger partial charge < -0.3 is 10.0 Å². The molecule has 0 heterocycles. The van der Waals surface area contributed by atoms with E-state index in [1.807, 2.05) is 0 Å². The number of rotatable bonds is 3. The Morgan fingerprint density at radius 2 is 1.53 bits per heavy atom. The van der Waals surface area contributed by atoms with Gasteiger partial charge in [-0.05, 0) is 6.92 Å². The molecule has 0 radical (unpaired) electrons. The van der Waals surface area contributed by atoms with Gasteiger partial charge in [0.05, 0.1) is 0 Å². The molecule has 0 aromatic carbocycles. The molecule has 0 bridgehead atoms. The first-order valence-corrected chi connectivity index (χ1v) is 4.75. The molecule has 0 aliphatic rings. The van der Waals surface area contributed by atoms with Crippen LogP contribution < -0.4 is 0 Å². The van der Waals surface area contributed by atoms with Crippen molar-refractivity contribution in [2.75, 3.05) is 14.1 Å². The first-order valence-electron chi connectivity index (χ1n) is 4.75. The summed E-state index contributed by atoms with van der Waals surface area (Å²) in [7, 11) is 3.43. The third kappa shape index (κ3) is 3.38. The Morgan fingerprint density at radius 3 is 1.73 bits per heavy atom. The number of carbonyl (C=O) groups is 2. The molecule has 0 unspecified atom stereocenters. The molecule has 0 atom stereocenters. The maximum absolute atomic E-state index is 11.9. The van der Waals surface area contributed by atoms with Crippen molar-refractivity contribution in [3.05, 3.63) is 11.3 Å². The second-order valence-electron chi connectivity index (χ2n) is 4.74. The van der Waals surface area contributed by atoms with Crippen molar-refractivity contribution in [3.8, 4) is 0 Å². The Labute approximate surface area is 90.6 Å². The maximum Gasteiger partial charge on any atom is 0.341 e. The standard InChI is InChI=1S/C11H19NO3/c1-7(12(5)6)8(10(14)15)9(13)11(2,3)4/h1-6H3,(H,14,15). The summed E-state index contributed by atoms with van der Waals surface area (Å²) in [4.78, 5) is 24.5. The smallest absolute Gasteiger partial charge is 0.341 e. The molecule has 0 aliphatic carbocycles. The Balaban J connectivity index is 5.47. The zero-order valence-electron chi connectivity index (χ0n) is 10.2. The molecule has 0 spiro atoms. The minimum atomic E-state index is -1.17. The first kappa shape index (κ1) is 13.7. The fraction of sp³-hybridized carbons (Fsp3) is 0.636. The molecule has 4 nitrogen and oxygen atoms in total. The van der Waals surface area contributed by atoms with E-state index in [9.17, 15) is 9.59 Å². The average molecular weight is 213 g/mol. The normalized spacial score (nSPS) is 13.2. The van der Waals surface area contributed by atoms with Crippen LogP contribution >= 0.6 is 0 Å². The molecule has 0 amide bonds. The lowest BCUT2D eigenvalue weighted by atomic mass is 9.85. The molecular formula is C11H19NO3. The van der Waals surface area contributed by atoms with Crippen LogP contribution in [-0.4, -0.2) is 35.9 Å². The summed E-state index contributed by atoms with van der Waals surface area (Å²) in [5, 5.41) is 9.02. The number of allylic oxidation sites excluding steroid dienone is 1. The highest BCUT2D eigenvalue weighted by molar-refractivity contribution is 6.18. The molecule has 15 heavy (non-hydrogen) atoms. The summed E-state index contributed by atoms with van der Waals surface area (Å²) in [6.07, 6.45) is 0. The third-order valence-corrected chi connectivity index (χ3v) is 2.15. The number of hydrogen-bond acceptors (Lipinski definition) is 3. The van der Waals surface area contributed by atoms with Gasteiger partial charge >= 0.3 is 5.97 Å². The highest BCUT2D eigenvalue weighted by Gasteiger charge is 2.31. The molecule has 86 valence electrons. The average Bonchev–Trinajstić information content (AvgIpc) is 2.01. The van der Waals surface area contributed by atoms with E-state index >= 15 is 0 Å². The third-order valence-electron chi connectivity index (χ3n) is 2.15. The van der Waals surface area contributed by atoms with Crippen LogP contribution in [0.2, 0.25) is 0 Å². The number of carboxylic acids is 1. The van der Waals surface area contributed by atoms with Gasteiger partial charge in [0, 0.05) is 25.2 Å². The summed E-state index contributed by atoms with van der Waals surface area (Å²) >= 11 is 0. The topological polar surface area (TPSA) is 57.6 Å². The number of Topliss-reactive ketones (excluding diaryl/α,β-unsaturated/α-hetero) is 1. The van der Waals surface area contributed by atoms with Crippen molar-refractivity contribution in [2.24, 2.45) is 5.41 Å². The van der Waals surface area contributed by atoms with Crippen LogP contribution in [0.25, 0.3) is 0 Å². The van der Waals surface area contributed by atoms with Crippen molar-refractivity contribution >= 4 is 11.8 Å². The van der Waals surface area contributed by atoms with E-state index in [0.717, 1.165) is 0 Å². The van der Waals surface area contributed by atoms with Gasteiger partial charge in [-0.3, -0.25) is 4.79 Å². The van der Waals surface area contributed by atoms with E-state index in [1.165, 1.54) is 0 Å². The van der Waals surface area contributed by atoms with E-state index in [2.05, 4.69) is 0 Å². The summed E-state index contributed by atoms with van der Waals surface area (Å²) in [5.74, 6) is -1.51. The van der Waals surface area contributed by atoms with Gasteiger partial charge in [0.15, 0.2) is 5.78 Å². The van der Waals surface area contributed by atoms with Crippen LogP contribution in [0.5, 0.6) is 0 Å². The number of aliphatic carboxylic acids is 1. The first-order chi connectivity index (χ1) is 6.59. The van der Waals surface area contributed by atoms with Crippen molar-refractivity contribution in [3.63, 3.8) is 0 Å². The SMILES string of the molecule is CC(=C(C(=O)O)C(=O)C(C)(C)C)N(C)C. The molecule has 0 aliphatic heterocycles. The van der Waals surface area contributed by atoms with E-state index in [0.29, 0.717) is 5.70 Å². The predicted octanol–water partition coefficient (Wildman–Crippen LogP) is 1.52. The molecule has 0 fully saturated rings. The molecule has 0 saturated heterocycles. The van der Waals surface area contributed by atoms with Crippen LogP contribution in [0.15, 0.2) is 11.3 Å². The lowest BCUT2D eigenvalue weighted by Gasteiger charge is -2.21. The predicted molar refractivity (Wildman–Crippen MR) is 58.5 cm³/mol. The van der Waals surface area contributed by atoms with Crippen LogP contribution in [0.1, 0.15) is 27.7 Å². The number of carbonyl (C=O) groups excluding carboxylic acids is 1. The number of carboxylic acid groups (broad SMARTS) is 1. The molecule has 0 aromatic heterocycles. The van der Waals surface area contributed by atoms with Crippen LogP contribution in [-0.2, 0) is 9.59 Å². The minimum Gasteiger partial charge on any atom is -0.477 e. The maximum atomic E-state index is 11.9. The quantitative estimate of drug-likeness (QED) is 0.439. The van der Waals surface area contributed by atoms with Gasteiger partial charge in [-0.25, -0.2) is 4.79 Å². The summed E-state index contributed by atoms with van der Waals surface area (Å²) in [6.45, 7) is 6.76. The Bertz CT molecular complexity index is 308. The van der Waals surface area contributed by atoms with E-state index in [1.54, 1.807) is 46.7 Å². The van der Waals surface area contributed by atoms with Crippen molar-refractivity contribution in [1.82, 2.24) is 4.90 Å². The lowest BCUT2D eigenvalue weighted by Crippen LogP contribution is -2.29. The summed E-state index contributed by atoms with van der Waals surface area (Å²) in [5.41, 5.74) is -0.333. The van der Waals surface area contributed by atoms with Crippen molar-refractivity contribution < 1.29 is 14.7 Å². The van der Waals surface area contributed by atoms with Gasteiger partial charge in [0.1, 0.15) is 5.57 Å². The molecule has 0 rings (SSSR count). The zero-order chi connectivity index (χ0) is 12.4. The van der Waals surface area contributed by atoms with E-state index < -0.39 is 11.4 Å². The Hall–Kier alpha value is -1.32. The van der Waals surface area contributed by atoms with E-state index in [-0.39, 0.29) is 11.4 Å². The van der Waals surface area contributed by atoms with Crippen molar-refractivity contribution in [2.45, 2.75) is 27.7 Å². The fourth-order valence-corrected chi connectivity index (χ4v) is 1.01. The monoisotopic (exact) mass is 213 g/mol. The zero-order valence-corrected chi connectivity index (χ0v) is 10.2. The van der Waals surface area contributed by atoms with Gasteiger partial charge in [0.2, 0.25) is 0 Å². The highest BCUT2D eigenvalue weighted by Crippen LogP contribution is 2.22. The Kier molecular flexibility index (Phi) is 4.07. The van der Waals surface area contributed by atoms with Crippen molar-refractivity contribution in [1.29, 1.82) is 0 Å². The molecule has 4 heteroatoms. The molecular weight excluding hydrogens is 194 g/mol. The largest absolute Gasteiger partial charge is 0.477 e. The number of nitrogens with zero attached hydrogens (tertiary/aromatic N) is 1. The summed E-state index contributed by atoms with van der Waals surface area (Å²) < 4.78 is 0. The lowest BCUT2D eigenvalue weighted by molar-refractivity contribution is -0.136. The van der Waals surface area contributed by atoms with Gasteiger partial charge in [-0.15, -0.1) is 0 Å². The fourth-order valence-electron chi connectivity index (χ4n) is 1.01. The molecule has 0 saturated carbocycles. The minimum absolute atomic E-state index is 0.132. The van der Waals surface area contributed by atoms with Crippen LogP contribution in [0, 0.1) is 5.41 Å². The van der Waals surface area contributed by atoms with Gasteiger partial charge in [0.25, 0.3) is 0 Å². The molecule has 0 aromatic rings. The van der Waals surface area contributed by atoms with Gasteiger partial charge in [-0.1, -0.05) is 20.8 Å². The number of hydrogen-bond donors (Lipinski definition) is 1.